The third-order valence-corrected chi connectivity index (χ3v) is 2.31. The number of allylic oxidation sites excluding steroid dienone is 1. The van der Waals surface area contributed by atoms with E-state index in [4.69, 9.17) is 0 Å². The Morgan fingerprint density at radius 2 is 1.81 bits per heavy atom. The molecule has 0 aromatic rings. The quantitative estimate of drug-likeness (QED) is 0.454. The number of hydrogen-bond donors (Lipinski definition) is 0. The molecule has 0 atom stereocenters. The van der Waals surface area contributed by atoms with Gasteiger partial charge in [-0.25, -0.2) is 0 Å². The van der Waals surface area contributed by atoms with Crippen molar-refractivity contribution in [1.29, 1.82) is 0 Å². The zero-order valence-corrected chi connectivity index (χ0v) is 10.1. The van der Waals surface area contributed by atoms with Gasteiger partial charge in [0.15, 0.2) is 0 Å². The summed E-state index contributed by atoms with van der Waals surface area (Å²) >= 11 is 0. The van der Waals surface area contributed by atoms with E-state index in [0.717, 1.165) is 12.8 Å². The molecule has 0 saturated carbocycles. The number of hydrogen-bond acceptors (Lipinski definition) is 1. The van der Waals surface area contributed by atoms with Crippen LogP contribution in [0.2, 0.25) is 0 Å². The van der Waals surface area contributed by atoms with E-state index in [1.807, 2.05) is 31.2 Å². The monoisotopic (exact) mass is 219 g/mol. The number of rotatable bonds is 8. The van der Waals surface area contributed by atoms with Gasteiger partial charge in [0.2, 0.25) is 5.91 Å². The summed E-state index contributed by atoms with van der Waals surface area (Å²) in [5, 5.41) is 0. The molecule has 0 aromatic carbocycles. The van der Waals surface area contributed by atoms with Gasteiger partial charge in [-0.15, -0.1) is 13.2 Å². The van der Waals surface area contributed by atoms with Crippen molar-refractivity contribution in [3.8, 4) is 0 Å². The van der Waals surface area contributed by atoms with Crippen LogP contribution in [-0.2, 0) is 4.79 Å². The normalized spacial score (nSPS) is 10.4. The third-order valence-electron chi connectivity index (χ3n) is 2.31. The largest absolute Gasteiger partial charge is 0.332 e. The highest BCUT2D eigenvalue weighted by atomic mass is 16.2. The minimum atomic E-state index is -0.0493. The molecule has 0 rings (SSSR count). The van der Waals surface area contributed by atoms with Crippen molar-refractivity contribution >= 4 is 5.91 Å². The molecule has 16 heavy (non-hydrogen) atoms. The molecule has 0 bridgehead atoms. The van der Waals surface area contributed by atoms with Gasteiger partial charge in [-0.1, -0.05) is 30.9 Å². The Balaban J connectivity index is 4.76. The molecule has 0 heterocycles. The Bertz CT molecular complexity index is 268. The molecule has 0 radical (unpaired) electrons. The van der Waals surface area contributed by atoms with Gasteiger partial charge in [-0.2, -0.15) is 0 Å². The maximum Gasteiger partial charge on any atom is 0.246 e. The molecule has 0 saturated heterocycles. The molecule has 0 aliphatic rings. The molecule has 0 spiro atoms. The van der Waals surface area contributed by atoms with Gasteiger partial charge in [-0.05, 0) is 25.8 Å². The Kier molecular flexibility index (Phi) is 7.86. The molecule has 0 aliphatic carbocycles. The summed E-state index contributed by atoms with van der Waals surface area (Å²) < 4.78 is 0. The van der Waals surface area contributed by atoms with Crippen molar-refractivity contribution in [3.63, 3.8) is 0 Å². The van der Waals surface area contributed by atoms with Crippen LogP contribution in [0.5, 0.6) is 0 Å². The molecule has 0 N–H and O–H groups in total. The second-order valence-corrected chi connectivity index (χ2v) is 3.47. The van der Waals surface area contributed by atoms with Gasteiger partial charge >= 0.3 is 0 Å². The predicted molar refractivity (Wildman–Crippen MR) is 70.1 cm³/mol. The Morgan fingerprint density at radius 1 is 1.25 bits per heavy atom. The zero-order valence-electron chi connectivity index (χ0n) is 10.1. The molecule has 0 unspecified atom stereocenters. The summed E-state index contributed by atoms with van der Waals surface area (Å²) in [7, 11) is 0. The predicted octanol–water partition coefficient (Wildman–Crippen LogP) is 3.10. The Morgan fingerprint density at radius 3 is 2.19 bits per heavy atom. The van der Waals surface area contributed by atoms with E-state index >= 15 is 0 Å². The van der Waals surface area contributed by atoms with Crippen LogP contribution in [0.3, 0.4) is 0 Å². The van der Waals surface area contributed by atoms with Gasteiger partial charge in [0.1, 0.15) is 0 Å². The van der Waals surface area contributed by atoms with Crippen LogP contribution in [0.25, 0.3) is 0 Å². The highest BCUT2D eigenvalue weighted by Gasteiger charge is 2.18. The Labute approximate surface area is 98.6 Å². The SMILES string of the molecule is C=CCC(CC=C)N(C/C=C\C)C(=O)C=C. The average molecular weight is 219 g/mol. The first-order chi connectivity index (χ1) is 7.71. The van der Waals surface area contributed by atoms with Crippen molar-refractivity contribution in [3.05, 3.63) is 50.1 Å². The van der Waals surface area contributed by atoms with Gasteiger partial charge in [0, 0.05) is 12.6 Å². The summed E-state index contributed by atoms with van der Waals surface area (Å²) in [6.07, 6.45) is 10.4. The lowest BCUT2D eigenvalue weighted by Gasteiger charge is -2.28. The highest BCUT2D eigenvalue weighted by Crippen LogP contribution is 2.11. The van der Waals surface area contributed by atoms with Gasteiger partial charge in [0.05, 0.1) is 0 Å². The van der Waals surface area contributed by atoms with Crippen molar-refractivity contribution in [2.75, 3.05) is 6.54 Å². The molecule has 0 aromatic heterocycles. The van der Waals surface area contributed by atoms with Crippen LogP contribution in [0.4, 0.5) is 0 Å². The lowest BCUT2D eigenvalue weighted by Crippen LogP contribution is -2.39. The first-order valence-corrected chi connectivity index (χ1v) is 5.47. The fourth-order valence-electron chi connectivity index (χ4n) is 1.49. The number of carbonyl (C=O) groups is 1. The summed E-state index contributed by atoms with van der Waals surface area (Å²) in [6, 6.07) is 0.122. The molecular formula is C14H21NO. The number of nitrogens with zero attached hydrogens (tertiary/aromatic N) is 1. The second kappa shape index (κ2) is 8.72. The van der Waals surface area contributed by atoms with Crippen LogP contribution < -0.4 is 0 Å². The van der Waals surface area contributed by atoms with E-state index in [0.29, 0.717) is 6.54 Å². The minimum Gasteiger partial charge on any atom is -0.332 e. The van der Waals surface area contributed by atoms with E-state index in [1.165, 1.54) is 6.08 Å². The standard InChI is InChI=1S/C14H21NO/c1-5-9-12-15(14(16)8-4)13(10-6-2)11-7-3/h5-9,13H,2-4,10-12H2,1H3/b9-5-. The van der Waals surface area contributed by atoms with Crippen LogP contribution in [0.1, 0.15) is 19.8 Å². The lowest BCUT2D eigenvalue weighted by atomic mass is 10.1. The van der Waals surface area contributed by atoms with Crippen molar-refractivity contribution < 1.29 is 4.79 Å². The summed E-state index contributed by atoms with van der Waals surface area (Å²) in [5.41, 5.74) is 0. The average Bonchev–Trinajstić information content (AvgIpc) is 2.29. The first-order valence-electron chi connectivity index (χ1n) is 5.47. The van der Waals surface area contributed by atoms with E-state index < -0.39 is 0 Å². The summed E-state index contributed by atoms with van der Waals surface area (Å²) in [6.45, 7) is 13.5. The zero-order chi connectivity index (χ0) is 12.4. The van der Waals surface area contributed by atoms with Crippen molar-refractivity contribution in [2.45, 2.75) is 25.8 Å². The molecule has 2 heteroatoms. The molecule has 1 amide bonds. The molecular weight excluding hydrogens is 198 g/mol. The third kappa shape index (κ3) is 4.78. The topological polar surface area (TPSA) is 20.3 Å². The Hall–Kier alpha value is -1.57. The van der Waals surface area contributed by atoms with Crippen LogP contribution >= 0.6 is 0 Å². The second-order valence-electron chi connectivity index (χ2n) is 3.47. The van der Waals surface area contributed by atoms with E-state index in [9.17, 15) is 4.79 Å². The molecule has 0 aliphatic heterocycles. The van der Waals surface area contributed by atoms with Gasteiger partial charge < -0.3 is 4.90 Å². The van der Waals surface area contributed by atoms with Crippen molar-refractivity contribution in [1.82, 2.24) is 4.90 Å². The van der Waals surface area contributed by atoms with Crippen molar-refractivity contribution in [2.24, 2.45) is 0 Å². The van der Waals surface area contributed by atoms with Crippen LogP contribution in [0.15, 0.2) is 50.1 Å². The van der Waals surface area contributed by atoms with Crippen LogP contribution in [-0.4, -0.2) is 23.4 Å². The highest BCUT2D eigenvalue weighted by molar-refractivity contribution is 5.87. The molecule has 0 fully saturated rings. The smallest absolute Gasteiger partial charge is 0.246 e. The van der Waals surface area contributed by atoms with Gasteiger partial charge in [-0.3, -0.25) is 4.79 Å². The van der Waals surface area contributed by atoms with E-state index in [1.54, 1.807) is 4.90 Å². The number of carbonyl (C=O) groups excluding carboxylic acids is 1. The maximum absolute atomic E-state index is 11.7. The van der Waals surface area contributed by atoms with Gasteiger partial charge in [0.25, 0.3) is 0 Å². The molecule has 88 valence electrons. The fraction of sp³-hybridized carbons (Fsp3) is 0.357. The maximum atomic E-state index is 11.7. The minimum absolute atomic E-state index is 0.0493. The summed E-state index contributed by atoms with van der Waals surface area (Å²) in [5.74, 6) is -0.0493. The van der Waals surface area contributed by atoms with E-state index in [2.05, 4.69) is 19.7 Å². The van der Waals surface area contributed by atoms with Crippen LogP contribution in [0, 0.1) is 0 Å². The van der Waals surface area contributed by atoms with E-state index in [-0.39, 0.29) is 11.9 Å². The molecule has 2 nitrogen and oxygen atoms in total. The lowest BCUT2D eigenvalue weighted by molar-refractivity contribution is -0.127. The summed E-state index contributed by atoms with van der Waals surface area (Å²) in [4.78, 5) is 13.5. The first kappa shape index (κ1) is 14.4. The number of amides is 1. The fourth-order valence-corrected chi connectivity index (χ4v) is 1.49.